The van der Waals surface area contributed by atoms with Gasteiger partial charge in [0.1, 0.15) is 0 Å². The number of rotatable bonds is 8. The molecule has 7 heteroatoms. The third kappa shape index (κ3) is 6.78. The maximum atomic E-state index is 12.0. The molecular weight excluding hydrogens is 372 g/mol. The van der Waals surface area contributed by atoms with Crippen LogP contribution in [0.25, 0.3) is 0 Å². The van der Waals surface area contributed by atoms with Gasteiger partial charge in [0.25, 0.3) is 0 Å². The van der Waals surface area contributed by atoms with Crippen molar-refractivity contribution in [3.05, 3.63) is 70.2 Å². The molecule has 1 N–H and O–H groups in total. The summed E-state index contributed by atoms with van der Waals surface area (Å²) in [6.07, 6.45) is 1.41. The summed E-state index contributed by atoms with van der Waals surface area (Å²) in [6.45, 7) is 2.73. The van der Waals surface area contributed by atoms with Gasteiger partial charge in [0.05, 0.1) is 12.7 Å². The molecule has 0 heterocycles. The van der Waals surface area contributed by atoms with Crippen LogP contribution in [0.5, 0.6) is 0 Å². The van der Waals surface area contributed by atoms with Crippen molar-refractivity contribution in [3.8, 4) is 0 Å². The second-order valence-corrected chi connectivity index (χ2v) is 8.66. The van der Waals surface area contributed by atoms with Crippen LogP contribution in [0.3, 0.4) is 0 Å². The van der Waals surface area contributed by atoms with E-state index in [4.69, 9.17) is 11.6 Å². The van der Waals surface area contributed by atoms with E-state index in [9.17, 15) is 13.2 Å². The minimum absolute atomic E-state index is 0.156. The fourth-order valence-corrected chi connectivity index (χ4v) is 3.48. The number of aryl methyl sites for hydroxylation is 1. The molecule has 26 heavy (non-hydrogen) atoms. The van der Waals surface area contributed by atoms with Crippen LogP contribution in [0, 0.1) is 6.92 Å². The number of nitrogens with one attached hydrogen (secondary N) is 1. The summed E-state index contributed by atoms with van der Waals surface area (Å²) in [4.78, 5) is 12.0. The Labute approximate surface area is 160 Å². The second-order valence-electron chi connectivity index (χ2n) is 6.24. The van der Waals surface area contributed by atoms with Crippen LogP contribution in [0.2, 0.25) is 5.02 Å². The zero-order chi connectivity index (χ0) is 19.2. The fourth-order valence-electron chi connectivity index (χ4n) is 2.55. The van der Waals surface area contributed by atoms with E-state index in [2.05, 4.69) is 5.32 Å². The van der Waals surface area contributed by atoms with Crippen LogP contribution in [0.4, 0.5) is 0 Å². The SMILES string of the molecule is Cc1cccc(CN(CCNC(=O)Cc2ccc(Cl)cc2)S(C)(=O)=O)c1. The van der Waals surface area contributed by atoms with Crippen molar-refractivity contribution in [2.75, 3.05) is 19.3 Å². The van der Waals surface area contributed by atoms with Gasteiger partial charge in [0.15, 0.2) is 0 Å². The first-order chi connectivity index (χ1) is 12.2. The molecule has 0 aliphatic carbocycles. The van der Waals surface area contributed by atoms with Crippen LogP contribution < -0.4 is 5.32 Å². The molecule has 2 aromatic carbocycles. The molecule has 0 aromatic heterocycles. The van der Waals surface area contributed by atoms with Gasteiger partial charge in [-0.2, -0.15) is 4.31 Å². The van der Waals surface area contributed by atoms with Crippen molar-refractivity contribution in [1.82, 2.24) is 9.62 Å². The lowest BCUT2D eigenvalue weighted by molar-refractivity contribution is -0.120. The van der Waals surface area contributed by atoms with E-state index >= 15 is 0 Å². The van der Waals surface area contributed by atoms with Crippen molar-refractivity contribution >= 4 is 27.5 Å². The van der Waals surface area contributed by atoms with Gasteiger partial charge in [-0.3, -0.25) is 4.79 Å². The summed E-state index contributed by atoms with van der Waals surface area (Å²) in [5.41, 5.74) is 2.85. The number of halogens is 1. The van der Waals surface area contributed by atoms with Gasteiger partial charge in [0.2, 0.25) is 15.9 Å². The molecule has 5 nitrogen and oxygen atoms in total. The molecule has 2 aromatic rings. The number of carbonyl (C=O) groups is 1. The van der Waals surface area contributed by atoms with E-state index in [0.717, 1.165) is 16.7 Å². The normalized spacial score (nSPS) is 11.5. The van der Waals surface area contributed by atoms with E-state index in [-0.39, 0.29) is 32.0 Å². The van der Waals surface area contributed by atoms with Crippen molar-refractivity contribution in [3.63, 3.8) is 0 Å². The van der Waals surface area contributed by atoms with Crippen LogP contribution >= 0.6 is 11.6 Å². The minimum atomic E-state index is -3.37. The molecule has 2 rings (SSSR count). The zero-order valence-corrected chi connectivity index (χ0v) is 16.5. The summed E-state index contributed by atoms with van der Waals surface area (Å²) in [7, 11) is -3.37. The van der Waals surface area contributed by atoms with Crippen molar-refractivity contribution in [2.45, 2.75) is 19.9 Å². The highest BCUT2D eigenvalue weighted by Crippen LogP contribution is 2.11. The summed E-state index contributed by atoms with van der Waals surface area (Å²) < 4.78 is 25.4. The molecule has 140 valence electrons. The predicted molar refractivity (Wildman–Crippen MR) is 105 cm³/mol. The Balaban J connectivity index is 1.89. The van der Waals surface area contributed by atoms with Crippen LogP contribution in [0.15, 0.2) is 48.5 Å². The molecule has 0 unspecified atom stereocenters. The van der Waals surface area contributed by atoms with Crippen molar-refractivity contribution in [1.29, 1.82) is 0 Å². The smallest absolute Gasteiger partial charge is 0.224 e. The van der Waals surface area contributed by atoms with Crippen molar-refractivity contribution < 1.29 is 13.2 Å². The molecule has 1 amide bonds. The number of amides is 1. The highest BCUT2D eigenvalue weighted by molar-refractivity contribution is 7.88. The number of sulfonamides is 1. The minimum Gasteiger partial charge on any atom is -0.354 e. The van der Waals surface area contributed by atoms with Gasteiger partial charge in [-0.25, -0.2) is 8.42 Å². The van der Waals surface area contributed by atoms with E-state index in [1.807, 2.05) is 31.2 Å². The lowest BCUT2D eigenvalue weighted by atomic mass is 10.1. The highest BCUT2D eigenvalue weighted by atomic mass is 35.5. The first-order valence-electron chi connectivity index (χ1n) is 8.26. The quantitative estimate of drug-likeness (QED) is 0.748. The maximum Gasteiger partial charge on any atom is 0.224 e. The van der Waals surface area contributed by atoms with Gasteiger partial charge in [-0.15, -0.1) is 0 Å². The van der Waals surface area contributed by atoms with Gasteiger partial charge < -0.3 is 5.32 Å². The van der Waals surface area contributed by atoms with Gasteiger partial charge >= 0.3 is 0 Å². The molecule has 0 bridgehead atoms. The second kappa shape index (κ2) is 9.16. The van der Waals surface area contributed by atoms with Crippen molar-refractivity contribution in [2.24, 2.45) is 0 Å². The van der Waals surface area contributed by atoms with E-state index in [1.165, 1.54) is 10.6 Å². The summed E-state index contributed by atoms with van der Waals surface area (Å²) >= 11 is 5.82. The molecule has 0 radical (unpaired) electrons. The largest absolute Gasteiger partial charge is 0.354 e. The van der Waals surface area contributed by atoms with Crippen LogP contribution in [0.1, 0.15) is 16.7 Å². The molecule has 0 saturated carbocycles. The predicted octanol–water partition coefficient (Wildman–Crippen LogP) is 2.77. The van der Waals surface area contributed by atoms with Gasteiger partial charge in [0, 0.05) is 24.7 Å². The molecule has 0 fully saturated rings. The third-order valence-corrected chi connectivity index (χ3v) is 5.37. The Bertz CT molecular complexity index is 851. The fraction of sp³-hybridized carbons (Fsp3) is 0.316. The number of hydrogen-bond acceptors (Lipinski definition) is 3. The maximum absolute atomic E-state index is 12.0. The average molecular weight is 395 g/mol. The van der Waals surface area contributed by atoms with E-state index in [1.54, 1.807) is 24.3 Å². The van der Waals surface area contributed by atoms with Gasteiger partial charge in [-0.1, -0.05) is 53.6 Å². The first-order valence-corrected chi connectivity index (χ1v) is 10.5. The summed E-state index contributed by atoms with van der Waals surface area (Å²) in [5.74, 6) is -0.156. The zero-order valence-electron chi connectivity index (χ0n) is 14.9. The summed E-state index contributed by atoms with van der Waals surface area (Å²) in [6, 6.07) is 14.8. The molecule has 0 atom stereocenters. The highest BCUT2D eigenvalue weighted by Gasteiger charge is 2.17. The number of benzene rings is 2. The molecule has 0 spiro atoms. The Hall–Kier alpha value is -1.89. The summed E-state index contributed by atoms with van der Waals surface area (Å²) in [5, 5.41) is 3.39. The van der Waals surface area contributed by atoms with E-state index in [0.29, 0.717) is 5.02 Å². The Morgan fingerprint density at radius 3 is 2.42 bits per heavy atom. The first kappa shape index (κ1) is 20.4. The lowest BCUT2D eigenvalue weighted by Crippen LogP contribution is -2.38. The molecule has 0 saturated heterocycles. The van der Waals surface area contributed by atoms with E-state index < -0.39 is 10.0 Å². The van der Waals surface area contributed by atoms with Crippen LogP contribution in [-0.2, 0) is 27.8 Å². The monoisotopic (exact) mass is 394 g/mol. The Kier molecular flexibility index (Phi) is 7.20. The molecule has 0 aliphatic heterocycles. The average Bonchev–Trinajstić information content (AvgIpc) is 2.55. The number of hydrogen-bond donors (Lipinski definition) is 1. The number of nitrogens with zero attached hydrogens (tertiary/aromatic N) is 1. The topological polar surface area (TPSA) is 66.5 Å². The molecule has 0 aliphatic rings. The lowest BCUT2D eigenvalue weighted by Gasteiger charge is -2.20. The Morgan fingerprint density at radius 1 is 1.12 bits per heavy atom. The Morgan fingerprint density at radius 2 is 1.81 bits per heavy atom. The molecular formula is C19H23ClN2O3S. The number of carbonyl (C=O) groups excluding carboxylic acids is 1. The standard InChI is InChI=1S/C19H23ClN2O3S/c1-15-4-3-5-17(12-15)14-22(26(2,24)25)11-10-21-19(23)13-16-6-8-18(20)9-7-16/h3-9,12H,10-11,13-14H2,1-2H3,(H,21,23). The third-order valence-electron chi connectivity index (χ3n) is 3.87. The van der Waals surface area contributed by atoms with Gasteiger partial charge in [-0.05, 0) is 30.2 Å². The van der Waals surface area contributed by atoms with Crippen LogP contribution in [-0.4, -0.2) is 38.0 Å².